The molecule has 0 saturated carbocycles. The van der Waals surface area contributed by atoms with Crippen molar-refractivity contribution < 1.29 is 52.8 Å². The summed E-state index contributed by atoms with van der Waals surface area (Å²) < 4.78 is 36.8. The number of hydrazine groups is 1. The number of benzene rings is 2. The Balaban J connectivity index is 0.000000501. The Morgan fingerprint density at radius 2 is 1.57 bits per heavy atom. The minimum Gasteiger partial charge on any atom is -0.493 e. The van der Waals surface area contributed by atoms with Crippen LogP contribution in [-0.2, 0) is 9.36 Å². The number of aliphatic carboxylic acids is 1. The second kappa shape index (κ2) is 17.3. The van der Waals surface area contributed by atoms with Crippen molar-refractivity contribution in [1.29, 1.82) is 0 Å². The van der Waals surface area contributed by atoms with Gasteiger partial charge in [-0.15, -0.1) is 0 Å². The second-order valence-corrected chi connectivity index (χ2v) is 9.17. The van der Waals surface area contributed by atoms with Crippen LogP contribution in [0.4, 0.5) is 0 Å². The van der Waals surface area contributed by atoms with E-state index in [1.54, 1.807) is 41.8 Å². The molecular formula is C24H34N5O12P. The summed E-state index contributed by atoms with van der Waals surface area (Å²) >= 11 is 0. The summed E-state index contributed by atoms with van der Waals surface area (Å²) in [5.74, 6) is 0.257. The van der Waals surface area contributed by atoms with Gasteiger partial charge in [0.2, 0.25) is 5.75 Å². The standard InChI is InChI=1S/C18H21O8P.C6H13N5O4/c1-22-14-8-7-12(9-15(14)26-27(19,20)21)5-6-13-10-16(23-2)18(25-4)17(11-13)24-3;7-4(5(12)13)2-1-3-9-6(8)10-11(14)15/h5-11H,1-4H3,(H2,19,20,21);4H,1-3,7H2,(H,12,13)(H3,8,9,10)/b6-5-;/t;4-/m.0/s1. The van der Waals surface area contributed by atoms with Crippen LogP contribution < -0.4 is 40.4 Å². The van der Waals surface area contributed by atoms with Crippen LogP contribution in [-0.4, -0.2) is 72.9 Å². The van der Waals surface area contributed by atoms with Gasteiger partial charge in [0.1, 0.15) is 6.04 Å². The SMILES string of the molecule is COc1ccc(/C=C\c2cc(OC)c(OC)c(OC)c2)cc1OP(=O)(O)O.NC(=NCCC[C@H](N)C(=O)O)N[N+](=O)[O-]. The molecule has 2 aromatic rings. The number of ether oxygens (including phenoxy) is 4. The second-order valence-electron chi connectivity index (χ2n) is 8.01. The van der Waals surface area contributed by atoms with Gasteiger partial charge in [0, 0.05) is 6.54 Å². The van der Waals surface area contributed by atoms with Crippen LogP contribution >= 0.6 is 7.82 Å². The van der Waals surface area contributed by atoms with Gasteiger partial charge in [-0.2, -0.15) is 0 Å². The molecule has 0 bridgehead atoms. The van der Waals surface area contributed by atoms with Crippen molar-refractivity contribution in [2.45, 2.75) is 18.9 Å². The molecule has 232 valence electrons. The average molecular weight is 616 g/mol. The summed E-state index contributed by atoms with van der Waals surface area (Å²) in [6.45, 7) is 0.188. The van der Waals surface area contributed by atoms with E-state index >= 15 is 0 Å². The normalized spacial score (nSPS) is 12.0. The smallest absolute Gasteiger partial charge is 0.493 e. The van der Waals surface area contributed by atoms with Crippen molar-refractivity contribution in [3.8, 4) is 28.7 Å². The van der Waals surface area contributed by atoms with Gasteiger partial charge in [-0.1, -0.05) is 23.6 Å². The zero-order valence-electron chi connectivity index (χ0n) is 23.3. The minimum atomic E-state index is -4.71. The number of carboxylic acids is 1. The highest BCUT2D eigenvalue weighted by Gasteiger charge is 2.19. The maximum atomic E-state index is 11.1. The summed E-state index contributed by atoms with van der Waals surface area (Å²) in [4.78, 5) is 41.8. The van der Waals surface area contributed by atoms with Crippen LogP contribution in [0, 0.1) is 10.1 Å². The fraction of sp³-hybridized carbons (Fsp3) is 0.333. The lowest BCUT2D eigenvalue weighted by molar-refractivity contribution is -0.525. The molecule has 1 atom stereocenters. The monoisotopic (exact) mass is 615 g/mol. The molecule has 8 N–H and O–H groups in total. The van der Waals surface area contributed by atoms with Crippen molar-refractivity contribution in [2.24, 2.45) is 16.5 Å². The molecular weight excluding hydrogens is 581 g/mol. The Morgan fingerprint density at radius 1 is 1.02 bits per heavy atom. The summed E-state index contributed by atoms with van der Waals surface area (Å²) in [5.41, 5.74) is 13.4. The third kappa shape index (κ3) is 12.7. The highest BCUT2D eigenvalue weighted by atomic mass is 31.2. The number of carbonyl (C=O) groups is 1. The fourth-order valence-corrected chi connectivity index (χ4v) is 3.55. The van der Waals surface area contributed by atoms with Gasteiger partial charge in [-0.25, -0.2) is 19.7 Å². The van der Waals surface area contributed by atoms with Crippen LogP contribution in [0.5, 0.6) is 28.7 Å². The topological polar surface area (TPSA) is 261 Å². The quantitative estimate of drug-likeness (QED) is 0.0335. The Kier molecular flexibility index (Phi) is 14.6. The maximum Gasteiger partial charge on any atom is 0.524 e. The van der Waals surface area contributed by atoms with Gasteiger partial charge in [0.25, 0.3) is 5.96 Å². The van der Waals surface area contributed by atoms with Crippen molar-refractivity contribution in [3.63, 3.8) is 0 Å². The molecule has 17 nitrogen and oxygen atoms in total. The van der Waals surface area contributed by atoms with Gasteiger partial charge < -0.3 is 40.0 Å². The third-order valence-electron chi connectivity index (χ3n) is 5.04. The number of nitro groups is 1. The van der Waals surface area contributed by atoms with Crippen molar-refractivity contribution in [3.05, 3.63) is 51.6 Å². The van der Waals surface area contributed by atoms with Gasteiger partial charge in [-0.05, 0) is 48.2 Å². The third-order valence-corrected chi connectivity index (χ3v) is 5.47. The average Bonchev–Trinajstić information content (AvgIpc) is 2.92. The van der Waals surface area contributed by atoms with Crippen LogP contribution in [0.1, 0.15) is 24.0 Å². The molecule has 2 rings (SSSR count). The number of hydrogen-bond acceptors (Lipinski definition) is 11. The number of rotatable bonds is 14. The number of guanidine groups is 1. The van der Waals surface area contributed by atoms with Crippen LogP contribution in [0.3, 0.4) is 0 Å². The molecule has 18 heteroatoms. The Labute approximate surface area is 241 Å². The Morgan fingerprint density at radius 3 is 2.05 bits per heavy atom. The number of hydrogen-bond donors (Lipinski definition) is 6. The first kappa shape index (κ1) is 35.5. The molecule has 0 fully saturated rings. The summed E-state index contributed by atoms with van der Waals surface area (Å²) in [7, 11) is 1.26. The maximum absolute atomic E-state index is 11.1. The number of carboxylic acid groups (broad SMARTS) is 1. The summed E-state index contributed by atoms with van der Waals surface area (Å²) in [6, 6.07) is 7.35. The van der Waals surface area contributed by atoms with Crippen LogP contribution in [0.15, 0.2) is 35.3 Å². The molecule has 0 heterocycles. The van der Waals surface area contributed by atoms with E-state index < -0.39 is 24.9 Å². The highest BCUT2D eigenvalue weighted by molar-refractivity contribution is 7.46. The zero-order valence-corrected chi connectivity index (χ0v) is 24.1. The molecule has 2 aromatic carbocycles. The molecule has 0 amide bonds. The zero-order chi connectivity index (χ0) is 31.9. The Bertz CT molecular complexity index is 1290. The van der Waals surface area contributed by atoms with E-state index in [9.17, 15) is 19.5 Å². The van der Waals surface area contributed by atoms with E-state index in [1.807, 2.05) is 0 Å². The first-order valence-corrected chi connectivity index (χ1v) is 13.4. The van der Waals surface area contributed by atoms with E-state index in [0.29, 0.717) is 29.2 Å². The van der Waals surface area contributed by atoms with E-state index in [-0.39, 0.29) is 30.4 Å². The Hall–Kier alpha value is -4.57. The largest absolute Gasteiger partial charge is 0.524 e. The number of nitrogens with two attached hydrogens (primary N) is 2. The molecule has 0 saturated heterocycles. The molecule has 0 aliphatic rings. The predicted octanol–water partition coefficient (Wildman–Crippen LogP) is 1.64. The van der Waals surface area contributed by atoms with E-state index in [4.69, 9.17) is 45.3 Å². The molecule has 0 spiro atoms. The first-order chi connectivity index (χ1) is 19.7. The molecule has 0 aliphatic heterocycles. The number of nitrogens with one attached hydrogen (secondary N) is 1. The van der Waals surface area contributed by atoms with Crippen LogP contribution in [0.2, 0.25) is 0 Å². The number of phosphoric acid groups is 1. The number of phosphoric ester groups is 1. The minimum absolute atomic E-state index is 0.0575. The first-order valence-electron chi connectivity index (χ1n) is 11.8. The van der Waals surface area contributed by atoms with Crippen molar-refractivity contribution >= 4 is 31.9 Å². The van der Waals surface area contributed by atoms with E-state index in [0.717, 1.165) is 5.56 Å². The highest BCUT2D eigenvalue weighted by Crippen LogP contribution is 2.42. The van der Waals surface area contributed by atoms with Crippen LogP contribution in [0.25, 0.3) is 12.2 Å². The van der Waals surface area contributed by atoms with Crippen molar-refractivity contribution in [2.75, 3.05) is 35.0 Å². The molecule has 0 aromatic heterocycles. The van der Waals surface area contributed by atoms with Gasteiger partial charge in [0.15, 0.2) is 28.0 Å². The fourth-order valence-electron chi connectivity index (χ4n) is 3.15. The summed E-state index contributed by atoms with van der Waals surface area (Å²) in [6.07, 6.45) is 4.17. The van der Waals surface area contributed by atoms with Gasteiger partial charge in [0.05, 0.1) is 28.4 Å². The van der Waals surface area contributed by atoms with Gasteiger partial charge in [-0.3, -0.25) is 14.6 Å². The molecule has 0 unspecified atom stereocenters. The molecule has 0 radical (unpaired) electrons. The summed E-state index contributed by atoms with van der Waals surface area (Å²) in [5, 5.41) is 17.5. The van der Waals surface area contributed by atoms with E-state index in [1.165, 1.54) is 34.5 Å². The predicted molar refractivity (Wildman–Crippen MR) is 152 cm³/mol. The lowest BCUT2D eigenvalue weighted by atomic mass is 10.1. The molecule has 0 aliphatic carbocycles. The van der Waals surface area contributed by atoms with Crippen molar-refractivity contribution in [1.82, 2.24) is 5.43 Å². The number of aliphatic imine (C=N–C) groups is 1. The van der Waals surface area contributed by atoms with Gasteiger partial charge >= 0.3 is 13.8 Å². The van der Waals surface area contributed by atoms with E-state index in [2.05, 4.69) is 9.52 Å². The number of methoxy groups -OCH3 is 4. The lowest BCUT2D eigenvalue weighted by Gasteiger charge is -2.13. The lowest BCUT2D eigenvalue weighted by Crippen LogP contribution is -2.36. The molecule has 42 heavy (non-hydrogen) atoms. The number of nitrogens with zero attached hydrogens (tertiary/aromatic N) is 2.